The molecule has 0 saturated heterocycles. The van der Waals surface area contributed by atoms with Gasteiger partial charge in [0.25, 0.3) is 5.91 Å². The van der Waals surface area contributed by atoms with Crippen LogP contribution in [0.25, 0.3) is 0 Å². The first-order valence-corrected chi connectivity index (χ1v) is 10.5. The fraction of sp³-hybridized carbons (Fsp3) is 0.300. The van der Waals surface area contributed by atoms with Gasteiger partial charge in [-0.3, -0.25) is 9.59 Å². The average Bonchev–Trinajstić information content (AvgIpc) is 2.72. The van der Waals surface area contributed by atoms with Crippen molar-refractivity contribution in [3.8, 4) is 0 Å². The van der Waals surface area contributed by atoms with Gasteiger partial charge in [-0.25, -0.2) is 13.1 Å². The number of carbonyl (C=O) groups excluding carboxylic acids is 2. The molecule has 150 valence electrons. The Morgan fingerprint density at radius 2 is 1.61 bits per heavy atom. The summed E-state index contributed by atoms with van der Waals surface area (Å²) in [6.07, 6.45) is 0.701. The lowest BCUT2D eigenvalue weighted by atomic mass is 9.97. The number of carbonyl (C=O) groups is 2. The Kier molecular flexibility index (Phi) is 7.31. The van der Waals surface area contributed by atoms with Crippen LogP contribution in [0.2, 0.25) is 0 Å². The van der Waals surface area contributed by atoms with Crippen molar-refractivity contribution in [2.45, 2.75) is 31.2 Å². The van der Waals surface area contributed by atoms with Crippen molar-refractivity contribution in [2.24, 2.45) is 5.92 Å². The van der Waals surface area contributed by atoms with Crippen LogP contribution in [0, 0.1) is 5.92 Å². The van der Waals surface area contributed by atoms with Gasteiger partial charge >= 0.3 is 0 Å². The Bertz CT molecular complexity index is 912. The predicted molar refractivity (Wildman–Crippen MR) is 108 cm³/mol. The van der Waals surface area contributed by atoms with Crippen LogP contribution in [0.5, 0.6) is 0 Å². The van der Waals surface area contributed by atoms with Crippen molar-refractivity contribution in [1.29, 1.82) is 0 Å². The van der Waals surface area contributed by atoms with Crippen LogP contribution >= 0.6 is 0 Å². The molecule has 2 aromatic carbocycles. The lowest BCUT2D eigenvalue weighted by Crippen LogP contribution is -2.47. The molecule has 0 aliphatic rings. The number of nitrogens with one attached hydrogen (secondary N) is 3. The molecule has 0 heterocycles. The van der Waals surface area contributed by atoms with Crippen LogP contribution in [-0.4, -0.2) is 33.3 Å². The third-order valence-electron chi connectivity index (χ3n) is 4.52. The topological polar surface area (TPSA) is 104 Å². The van der Waals surface area contributed by atoms with Crippen LogP contribution in [0.1, 0.15) is 30.6 Å². The summed E-state index contributed by atoms with van der Waals surface area (Å²) in [6.45, 7) is 3.83. The normalized spacial score (nSPS) is 13.4. The van der Waals surface area contributed by atoms with Gasteiger partial charge < -0.3 is 10.6 Å². The van der Waals surface area contributed by atoms with Crippen molar-refractivity contribution < 1.29 is 18.0 Å². The maximum absolute atomic E-state index is 12.8. The van der Waals surface area contributed by atoms with Gasteiger partial charge in [0.2, 0.25) is 15.9 Å². The first kappa shape index (κ1) is 21.6. The molecule has 0 unspecified atom stereocenters. The summed E-state index contributed by atoms with van der Waals surface area (Å²) in [5, 5.41) is 5.53. The molecule has 7 nitrogen and oxygen atoms in total. The summed E-state index contributed by atoms with van der Waals surface area (Å²) < 4.78 is 25.8. The zero-order chi connectivity index (χ0) is 20.7. The Morgan fingerprint density at radius 3 is 2.14 bits per heavy atom. The molecule has 0 saturated carbocycles. The minimum atomic E-state index is -3.54. The molecule has 3 N–H and O–H groups in total. The second kappa shape index (κ2) is 9.48. The minimum Gasteiger partial charge on any atom is -0.340 e. The van der Waals surface area contributed by atoms with Crippen LogP contribution in [0.3, 0.4) is 0 Å². The molecule has 2 rings (SSSR count). The van der Waals surface area contributed by atoms with Crippen LogP contribution < -0.4 is 15.4 Å². The second-order valence-electron chi connectivity index (χ2n) is 6.42. The summed E-state index contributed by atoms with van der Waals surface area (Å²) in [4.78, 5) is 25.3. The van der Waals surface area contributed by atoms with E-state index in [9.17, 15) is 18.0 Å². The fourth-order valence-corrected chi connectivity index (χ4v) is 3.30. The molecule has 2 amide bonds. The van der Waals surface area contributed by atoms with E-state index in [1.54, 1.807) is 24.3 Å². The summed E-state index contributed by atoms with van der Waals surface area (Å²) >= 11 is 0. The molecule has 0 aliphatic heterocycles. The van der Waals surface area contributed by atoms with Gasteiger partial charge in [-0.2, -0.15) is 0 Å². The monoisotopic (exact) mass is 403 g/mol. The maximum atomic E-state index is 12.8. The molecule has 0 radical (unpaired) electrons. The smallest absolute Gasteiger partial charge is 0.251 e. The van der Waals surface area contributed by atoms with E-state index in [1.807, 2.05) is 19.9 Å². The molecule has 0 aliphatic carbocycles. The van der Waals surface area contributed by atoms with Gasteiger partial charge in [0.1, 0.15) is 6.04 Å². The summed E-state index contributed by atoms with van der Waals surface area (Å²) in [6, 6.07) is 13.8. The van der Waals surface area contributed by atoms with Crippen molar-refractivity contribution in [2.75, 3.05) is 12.4 Å². The minimum absolute atomic E-state index is 0.0865. The molecule has 2 aromatic rings. The number of rotatable bonds is 8. The number of anilines is 1. The predicted octanol–water partition coefficient (Wildman–Crippen LogP) is 2.38. The Hall–Kier alpha value is -2.71. The molecule has 0 fully saturated rings. The quantitative estimate of drug-likeness (QED) is 0.629. The lowest BCUT2D eigenvalue weighted by molar-refractivity contribution is -0.119. The van der Waals surface area contributed by atoms with Crippen molar-refractivity contribution in [1.82, 2.24) is 10.0 Å². The molecule has 0 bridgehead atoms. The van der Waals surface area contributed by atoms with Crippen molar-refractivity contribution >= 4 is 27.5 Å². The summed E-state index contributed by atoms with van der Waals surface area (Å²) in [5.74, 6) is -0.768. The van der Waals surface area contributed by atoms with Gasteiger partial charge in [-0.15, -0.1) is 0 Å². The molecule has 2 atom stereocenters. The average molecular weight is 404 g/mol. The van der Waals surface area contributed by atoms with Crippen molar-refractivity contribution in [3.05, 3.63) is 60.2 Å². The zero-order valence-corrected chi connectivity index (χ0v) is 16.9. The SMILES string of the molecule is CC[C@H](C)[C@@H](NC(=O)c1ccccc1)C(=O)Nc1ccc(S(=O)(=O)NC)cc1. The number of sulfonamides is 1. The Balaban J connectivity index is 2.14. The zero-order valence-electron chi connectivity index (χ0n) is 16.1. The van der Waals surface area contributed by atoms with Gasteiger partial charge in [-0.05, 0) is 49.4 Å². The van der Waals surface area contributed by atoms with E-state index in [2.05, 4.69) is 15.4 Å². The highest BCUT2D eigenvalue weighted by Gasteiger charge is 2.26. The highest BCUT2D eigenvalue weighted by molar-refractivity contribution is 7.89. The molecular formula is C20H25N3O4S. The Morgan fingerprint density at radius 1 is 1.00 bits per heavy atom. The van der Waals surface area contributed by atoms with E-state index in [4.69, 9.17) is 0 Å². The third-order valence-corrected chi connectivity index (χ3v) is 5.95. The lowest BCUT2D eigenvalue weighted by Gasteiger charge is -2.23. The number of hydrogen-bond acceptors (Lipinski definition) is 4. The van der Waals surface area contributed by atoms with E-state index < -0.39 is 16.1 Å². The first-order chi connectivity index (χ1) is 13.3. The van der Waals surface area contributed by atoms with E-state index in [1.165, 1.54) is 31.3 Å². The van der Waals surface area contributed by atoms with Gasteiger partial charge in [0, 0.05) is 11.3 Å². The van der Waals surface area contributed by atoms with Gasteiger partial charge in [0.05, 0.1) is 4.90 Å². The molecule has 8 heteroatoms. The summed E-state index contributed by atoms with van der Waals surface area (Å²) in [5.41, 5.74) is 0.924. The fourth-order valence-electron chi connectivity index (χ4n) is 2.57. The Labute approximate surface area is 165 Å². The van der Waals surface area contributed by atoms with E-state index in [0.29, 0.717) is 17.7 Å². The first-order valence-electron chi connectivity index (χ1n) is 8.99. The second-order valence-corrected chi connectivity index (χ2v) is 8.31. The molecule has 28 heavy (non-hydrogen) atoms. The van der Waals surface area contributed by atoms with Crippen LogP contribution in [0.4, 0.5) is 5.69 Å². The summed E-state index contributed by atoms with van der Waals surface area (Å²) in [7, 11) is -2.21. The molecular weight excluding hydrogens is 378 g/mol. The molecule has 0 aromatic heterocycles. The van der Waals surface area contributed by atoms with Crippen LogP contribution in [0.15, 0.2) is 59.5 Å². The van der Waals surface area contributed by atoms with Gasteiger partial charge in [0.15, 0.2) is 0 Å². The largest absolute Gasteiger partial charge is 0.340 e. The highest BCUT2D eigenvalue weighted by Crippen LogP contribution is 2.16. The molecule has 0 spiro atoms. The van der Waals surface area contributed by atoms with Crippen LogP contribution in [-0.2, 0) is 14.8 Å². The number of hydrogen-bond donors (Lipinski definition) is 3. The van der Waals surface area contributed by atoms with Crippen molar-refractivity contribution in [3.63, 3.8) is 0 Å². The van der Waals surface area contributed by atoms with E-state index in [-0.39, 0.29) is 22.6 Å². The maximum Gasteiger partial charge on any atom is 0.251 e. The van der Waals surface area contributed by atoms with Gasteiger partial charge in [-0.1, -0.05) is 38.5 Å². The highest BCUT2D eigenvalue weighted by atomic mass is 32.2. The third kappa shape index (κ3) is 5.40. The number of benzene rings is 2. The van der Waals surface area contributed by atoms with E-state index in [0.717, 1.165) is 0 Å². The van der Waals surface area contributed by atoms with E-state index >= 15 is 0 Å². The number of amides is 2. The standard InChI is InChI=1S/C20H25N3O4S/c1-4-14(2)18(23-19(24)15-8-6-5-7-9-15)20(25)22-16-10-12-17(13-11-16)28(26,27)21-3/h5-14,18,21H,4H2,1-3H3,(H,22,25)(H,23,24)/t14-,18+/m0/s1.